The summed E-state index contributed by atoms with van der Waals surface area (Å²) in [6, 6.07) is 15.5. The van der Waals surface area contributed by atoms with Crippen LogP contribution in [0, 0.1) is 0 Å². The van der Waals surface area contributed by atoms with Gasteiger partial charge in [0, 0.05) is 12.0 Å². The Bertz CT molecular complexity index is 953. The summed E-state index contributed by atoms with van der Waals surface area (Å²) in [4.78, 5) is 12.1. The highest BCUT2D eigenvalue weighted by molar-refractivity contribution is 6.00. The molecule has 4 heteroatoms. The minimum absolute atomic E-state index is 0.0774. The number of aliphatic hydroxyl groups is 1. The third kappa shape index (κ3) is 4.30. The van der Waals surface area contributed by atoms with Gasteiger partial charge in [0.05, 0.1) is 18.1 Å². The van der Waals surface area contributed by atoms with Crippen LogP contribution in [0.3, 0.4) is 0 Å². The smallest absolute Gasteiger partial charge is 0.170 e. The van der Waals surface area contributed by atoms with E-state index in [-0.39, 0.29) is 23.1 Å². The molecule has 0 saturated heterocycles. The topological polar surface area (TPSA) is 55.8 Å². The third-order valence-corrected chi connectivity index (χ3v) is 7.70. The summed E-state index contributed by atoms with van der Waals surface area (Å²) in [5.74, 6) is 1.94. The van der Waals surface area contributed by atoms with Crippen LogP contribution in [-0.2, 0) is 0 Å². The number of fused-ring (bicyclic) bond motifs is 2. The Morgan fingerprint density at radius 2 is 1.28 bits per heavy atom. The van der Waals surface area contributed by atoms with Crippen molar-refractivity contribution in [2.75, 3.05) is 0 Å². The van der Waals surface area contributed by atoms with E-state index in [0.29, 0.717) is 6.42 Å². The van der Waals surface area contributed by atoms with Crippen LogP contribution in [-0.4, -0.2) is 22.1 Å². The second kappa shape index (κ2) is 8.90. The number of hydrogen-bond acceptors (Lipinski definition) is 4. The van der Waals surface area contributed by atoms with Crippen LogP contribution in [0.25, 0.3) is 0 Å². The van der Waals surface area contributed by atoms with Crippen LogP contribution in [0.1, 0.15) is 99.1 Å². The van der Waals surface area contributed by atoms with Crippen molar-refractivity contribution in [2.24, 2.45) is 0 Å². The van der Waals surface area contributed by atoms with Crippen molar-refractivity contribution >= 4 is 5.78 Å². The van der Waals surface area contributed by atoms with E-state index in [1.54, 1.807) is 0 Å². The first-order valence-electron chi connectivity index (χ1n) is 12.4. The number of carbonyl (C=O) groups excluding carboxylic acids is 1. The normalized spacial score (nSPS) is 24.9. The molecule has 2 saturated carbocycles. The number of ether oxygens (including phenoxy) is 2. The summed E-state index contributed by atoms with van der Waals surface area (Å²) >= 11 is 0. The number of hydrogen-bond donors (Lipinski definition) is 1. The highest BCUT2D eigenvalue weighted by atomic mass is 16.5. The quantitative estimate of drug-likeness (QED) is 0.510. The molecule has 2 aromatic rings. The van der Waals surface area contributed by atoms with Crippen LogP contribution in [0.4, 0.5) is 0 Å². The lowest BCUT2D eigenvalue weighted by Gasteiger charge is -2.43. The first-order valence-corrected chi connectivity index (χ1v) is 12.4. The first-order chi connectivity index (χ1) is 15.6. The van der Waals surface area contributed by atoms with E-state index in [1.165, 1.54) is 38.5 Å². The summed E-state index contributed by atoms with van der Waals surface area (Å²) in [6.45, 7) is 0. The summed E-state index contributed by atoms with van der Waals surface area (Å²) < 4.78 is 12.3. The lowest BCUT2D eigenvalue weighted by atomic mass is 9.78. The van der Waals surface area contributed by atoms with E-state index in [4.69, 9.17) is 9.47 Å². The van der Waals surface area contributed by atoms with Crippen molar-refractivity contribution in [3.05, 3.63) is 59.7 Å². The van der Waals surface area contributed by atoms with Gasteiger partial charge < -0.3 is 14.6 Å². The molecule has 2 spiro atoms. The number of carbonyl (C=O) groups is 1. The zero-order chi connectivity index (χ0) is 22.0. The number of ketones is 1. The van der Waals surface area contributed by atoms with E-state index in [9.17, 15) is 9.90 Å². The molecule has 2 aromatic carbocycles. The number of benzene rings is 2. The largest absolute Gasteiger partial charge is 0.487 e. The van der Waals surface area contributed by atoms with Crippen molar-refractivity contribution in [3.8, 4) is 11.5 Å². The van der Waals surface area contributed by atoms with E-state index < -0.39 is 0 Å². The zero-order valence-electron chi connectivity index (χ0n) is 18.9. The Morgan fingerprint density at radius 1 is 0.719 bits per heavy atom. The van der Waals surface area contributed by atoms with Gasteiger partial charge in [-0.3, -0.25) is 4.79 Å². The van der Waals surface area contributed by atoms with E-state index in [2.05, 4.69) is 0 Å². The van der Waals surface area contributed by atoms with Gasteiger partial charge in [0.2, 0.25) is 0 Å². The maximum atomic E-state index is 12.1. The first kappa shape index (κ1) is 21.5. The van der Waals surface area contributed by atoms with Crippen LogP contribution < -0.4 is 9.47 Å². The molecule has 2 fully saturated rings. The van der Waals surface area contributed by atoms with Crippen molar-refractivity contribution in [1.29, 1.82) is 0 Å². The molecule has 1 atom stereocenters. The van der Waals surface area contributed by atoms with Crippen molar-refractivity contribution in [2.45, 2.75) is 94.4 Å². The minimum Gasteiger partial charge on any atom is -0.487 e. The fourth-order valence-corrected chi connectivity index (χ4v) is 6.01. The fourth-order valence-electron chi connectivity index (χ4n) is 6.01. The Kier molecular flexibility index (Phi) is 5.98. The standard InChI is InChI=1S/C14H18O2.C14H16O2/c2*15-12-10-14(8-4-1-5-9-14)16-13-7-3-2-6-11(12)13/h2-3,6-7,12,15H,1,4-5,8-10H2;2-3,6-7H,1,4-5,8-10H2. The summed E-state index contributed by atoms with van der Waals surface area (Å²) in [5.41, 5.74) is 1.47. The number of rotatable bonds is 0. The Hall–Kier alpha value is -2.33. The van der Waals surface area contributed by atoms with Gasteiger partial charge in [0.25, 0.3) is 0 Å². The fraction of sp³-hybridized carbons (Fsp3) is 0.536. The zero-order valence-corrected chi connectivity index (χ0v) is 18.9. The van der Waals surface area contributed by atoms with Crippen molar-refractivity contribution < 1.29 is 19.4 Å². The van der Waals surface area contributed by atoms with Gasteiger partial charge in [-0.25, -0.2) is 0 Å². The average Bonchev–Trinajstić information content (AvgIpc) is 2.80. The summed E-state index contributed by atoms with van der Waals surface area (Å²) in [6.07, 6.45) is 12.7. The van der Waals surface area contributed by atoms with Gasteiger partial charge in [-0.05, 0) is 69.6 Å². The predicted molar refractivity (Wildman–Crippen MR) is 124 cm³/mol. The van der Waals surface area contributed by atoms with Crippen molar-refractivity contribution in [3.63, 3.8) is 0 Å². The Balaban J connectivity index is 0.000000135. The van der Waals surface area contributed by atoms with Crippen LogP contribution in [0.2, 0.25) is 0 Å². The molecule has 0 radical (unpaired) electrons. The predicted octanol–water partition coefficient (Wildman–Crippen LogP) is 6.56. The summed E-state index contributed by atoms with van der Waals surface area (Å²) in [5, 5.41) is 10.2. The maximum Gasteiger partial charge on any atom is 0.170 e. The SMILES string of the molecule is O=C1CC2(CCCCC2)Oc2ccccc21.OC1CC2(CCCCC2)Oc2ccccc21. The van der Waals surface area contributed by atoms with E-state index >= 15 is 0 Å². The number of para-hydroxylation sites is 2. The molecule has 4 aliphatic rings. The maximum absolute atomic E-state index is 12.1. The van der Waals surface area contributed by atoms with Gasteiger partial charge in [-0.15, -0.1) is 0 Å². The molecule has 0 amide bonds. The summed E-state index contributed by atoms with van der Waals surface area (Å²) in [7, 11) is 0. The van der Waals surface area contributed by atoms with E-state index in [1.807, 2.05) is 48.5 Å². The van der Waals surface area contributed by atoms with Gasteiger partial charge in [0.1, 0.15) is 22.7 Å². The molecule has 2 aliphatic heterocycles. The second-order valence-electron chi connectivity index (χ2n) is 10.0. The van der Waals surface area contributed by atoms with Gasteiger partial charge in [-0.2, -0.15) is 0 Å². The lowest BCUT2D eigenvalue weighted by Crippen LogP contribution is -2.43. The van der Waals surface area contributed by atoms with Gasteiger partial charge in [0.15, 0.2) is 5.78 Å². The van der Waals surface area contributed by atoms with Crippen LogP contribution >= 0.6 is 0 Å². The van der Waals surface area contributed by atoms with Crippen molar-refractivity contribution in [1.82, 2.24) is 0 Å². The second-order valence-corrected chi connectivity index (χ2v) is 10.0. The molecule has 1 unspecified atom stereocenters. The highest BCUT2D eigenvalue weighted by Gasteiger charge is 2.42. The Labute approximate surface area is 190 Å². The van der Waals surface area contributed by atoms with Gasteiger partial charge in [-0.1, -0.05) is 43.2 Å². The molecule has 1 N–H and O–H groups in total. The molecule has 6 rings (SSSR count). The molecule has 2 heterocycles. The van der Waals surface area contributed by atoms with E-state index in [0.717, 1.165) is 54.7 Å². The number of aliphatic hydroxyl groups excluding tert-OH is 1. The number of Topliss-reactive ketones (excluding diaryl/α,β-unsaturated/α-hetero) is 1. The molecular formula is C28H34O4. The molecule has 2 aliphatic carbocycles. The van der Waals surface area contributed by atoms with Gasteiger partial charge >= 0.3 is 0 Å². The molecular weight excluding hydrogens is 400 g/mol. The molecule has 32 heavy (non-hydrogen) atoms. The molecule has 0 bridgehead atoms. The third-order valence-electron chi connectivity index (χ3n) is 7.70. The molecule has 170 valence electrons. The molecule has 0 aromatic heterocycles. The van der Waals surface area contributed by atoms with Crippen LogP contribution in [0.15, 0.2) is 48.5 Å². The Morgan fingerprint density at radius 3 is 2.00 bits per heavy atom. The average molecular weight is 435 g/mol. The highest BCUT2D eigenvalue weighted by Crippen LogP contribution is 2.46. The lowest BCUT2D eigenvalue weighted by molar-refractivity contribution is -0.0381. The van der Waals surface area contributed by atoms with Crippen LogP contribution in [0.5, 0.6) is 11.5 Å². The minimum atomic E-state index is -0.344. The molecule has 4 nitrogen and oxygen atoms in total. The monoisotopic (exact) mass is 434 g/mol.